The molecule has 0 saturated carbocycles. The lowest BCUT2D eigenvalue weighted by Gasteiger charge is -2.20. The van der Waals surface area contributed by atoms with Crippen molar-refractivity contribution in [2.24, 2.45) is 0 Å². The number of likely N-dealkylation sites (tertiary alicyclic amines) is 1. The first-order valence-corrected chi connectivity index (χ1v) is 12.3. The highest BCUT2D eigenvalue weighted by Gasteiger charge is 2.20. The van der Waals surface area contributed by atoms with Crippen LogP contribution < -0.4 is 4.74 Å². The minimum absolute atomic E-state index is 0. The van der Waals surface area contributed by atoms with Crippen LogP contribution in [-0.2, 0) is 0 Å². The van der Waals surface area contributed by atoms with Crippen LogP contribution in [0.15, 0.2) is 78.9 Å². The monoisotopic (exact) mass is 493 g/mol. The Balaban J connectivity index is 0.00000342. The van der Waals surface area contributed by atoms with Gasteiger partial charge in [-0.15, -0.1) is 12.4 Å². The van der Waals surface area contributed by atoms with Crippen LogP contribution in [0.3, 0.4) is 0 Å². The van der Waals surface area contributed by atoms with Gasteiger partial charge in [-0.1, -0.05) is 54.6 Å². The first-order valence-electron chi connectivity index (χ1n) is 12.3. The molecule has 4 nitrogen and oxygen atoms in total. The zero-order valence-electron chi connectivity index (χ0n) is 20.4. The Morgan fingerprint density at radius 2 is 1.57 bits per heavy atom. The van der Waals surface area contributed by atoms with Gasteiger partial charge in [0.25, 0.3) is 0 Å². The molecular weight excluding hydrogens is 458 g/mol. The van der Waals surface area contributed by atoms with Crippen LogP contribution in [0.4, 0.5) is 0 Å². The number of aliphatic hydroxyl groups is 1. The molecule has 5 heteroatoms. The third kappa shape index (κ3) is 7.11. The molecular formula is C30H36ClNO3. The second kappa shape index (κ2) is 13.3. The predicted molar refractivity (Wildman–Crippen MR) is 146 cm³/mol. The molecule has 1 heterocycles. The Kier molecular flexibility index (Phi) is 10.2. The molecule has 0 aromatic heterocycles. The number of hydrogen-bond donors (Lipinski definition) is 2. The fraction of sp³-hybridized carbons (Fsp3) is 0.333. The molecule has 0 radical (unpaired) electrons. The Hall–Kier alpha value is -2.79. The number of halogens is 1. The lowest BCUT2D eigenvalue weighted by atomic mass is 9.87. The minimum Gasteiger partial charge on any atom is -0.508 e. The molecule has 0 aliphatic carbocycles. The number of allylic oxidation sites excluding steroid dienone is 1. The number of aliphatic hydroxyl groups excluding tert-OH is 1. The molecule has 186 valence electrons. The number of phenols is 1. The van der Waals surface area contributed by atoms with Crippen molar-refractivity contribution in [1.29, 1.82) is 0 Å². The molecule has 0 bridgehead atoms. The summed E-state index contributed by atoms with van der Waals surface area (Å²) in [5.41, 5.74) is 5.55. The molecule has 1 aliphatic rings. The van der Waals surface area contributed by atoms with Crippen molar-refractivity contribution >= 4 is 23.6 Å². The number of aromatic hydroxyl groups is 1. The molecule has 0 unspecified atom stereocenters. The van der Waals surface area contributed by atoms with Crippen molar-refractivity contribution in [3.8, 4) is 11.5 Å². The summed E-state index contributed by atoms with van der Waals surface area (Å²) >= 11 is 0. The highest BCUT2D eigenvalue weighted by atomic mass is 35.5. The number of ether oxygens (including phenoxy) is 1. The van der Waals surface area contributed by atoms with E-state index in [9.17, 15) is 10.2 Å². The Bertz CT molecular complexity index is 1070. The average Bonchev–Trinajstić information content (AvgIpc) is 3.28. The van der Waals surface area contributed by atoms with Gasteiger partial charge in [0.15, 0.2) is 0 Å². The van der Waals surface area contributed by atoms with Crippen molar-refractivity contribution in [3.63, 3.8) is 0 Å². The summed E-state index contributed by atoms with van der Waals surface area (Å²) in [4.78, 5) is 2.43. The maximum Gasteiger partial charge on any atom is 0.119 e. The minimum atomic E-state index is 0. The van der Waals surface area contributed by atoms with Crippen LogP contribution in [0.2, 0.25) is 0 Å². The maximum atomic E-state index is 9.85. The Labute approximate surface area is 215 Å². The summed E-state index contributed by atoms with van der Waals surface area (Å²) in [5.74, 6) is 1.13. The van der Waals surface area contributed by atoms with E-state index in [0.29, 0.717) is 12.5 Å². The number of nitrogens with zero attached hydrogens (tertiary/aromatic N) is 1. The normalized spacial score (nSPS) is 16.5. The van der Waals surface area contributed by atoms with Crippen molar-refractivity contribution in [2.45, 2.75) is 38.1 Å². The predicted octanol–water partition coefficient (Wildman–Crippen LogP) is 6.41. The van der Waals surface area contributed by atoms with Gasteiger partial charge in [-0.25, -0.2) is 0 Å². The van der Waals surface area contributed by atoms with Crippen LogP contribution in [0.5, 0.6) is 11.5 Å². The molecule has 1 fully saturated rings. The van der Waals surface area contributed by atoms with Gasteiger partial charge in [0, 0.05) is 12.6 Å². The van der Waals surface area contributed by atoms with E-state index in [0.717, 1.165) is 47.5 Å². The number of benzene rings is 3. The summed E-state index contributed by atoms with van der Waals surface area (Å²) in [5, 5.41) is 19.4. The van der Waals surface area contributed by atoms with Gasteiger partial charge >= 0.3 is 0 Å². The number of rotatable bonds is 10. The van der Waals surface area contributed by atoms with Crippen LogP contribution in [-0.4, -0.2) is 48.0 Å². The van der Waals surface area contributed by atoms with Gasteiger partial charge in [-0.3, -0.25) is 0 Å². The van der Waals surface area contributed by atoms with E-state index in [1.165, 1.54) is 25.0 Å². The molecule has 0 spiro atoms. The van der Waals surface area contributed by atoms with Crippen molar-refractivity contribution in [3.05, 3.63) is 95.6 Å². The van der Waals surface area contributed by atoms with Crippen LogP contribution in [0, 0.1) is 0 Å². The summed E-state index contributed by atoms with van der Waals surface area (Å²) in [6.07, 6.45) is 5.03. The van der Waals surface area contributed by atoms with E-state index in [2.05, 4.69) is 36.2 Å². The van der Waals surface area contributed by atoms with Crippen LogP contribution in [0.25, 0.3) is 11.1 Å². The molecule has 3 aromatic rings. The highest BCUT2D eigenvalue weighted by molar-refractivity contribution is 5.98. The quantitative estimate of drug-likeness (QED) is 0.320. The van der Waals surface area contributed by atoms with E-state index in [1.54, 1.807) is 12.1 Å². The smallest absolute Gasteiger partial charge is 0.119 e. The maximum absolute atomic E-state index is 9.85. The third-order valence-corrected chi connectivity index (χ3v) is 6.70. The SMILES string of the molecule is CN1CCC[C@H]1CCOc1ccc(/C(=C(/CCCO)c2ccccc2)c2ccc(O)cc2)cc1.Cl. The van der Waals surface area contributed by atoms with E-state index in [4.69, 9.17) is 4.74 Å². The number of hydrogen-bond acceptors (Lipinski definition) is 4. The van der Waals surface area contributed by atoms with E-state index in [1.807, 2.05) is 42.5 Å². The standard InChI is InChI=1S/C30H35NO3.ClH/c1-31-20-5-9-26(31)19-22-34-28-17-13-25(14-18-28)30(24-11-15-27(33)16-12-24)29(10-6-21-32)23-7-3-2-4-8-23;/h2-4,7-8,11-18,26,32-33H,5-6,9-10,19-22H2,1H3;1H/b30-29-;/t26-;/m0./s1. The summed E-state index contributed by atoms with van der Waals surface area (Å²) in [6, 6.07) is 26.6. The van der Waals surface area contributed by atoms with E-state index in [-0.39, 0.29) is 24.8 Å². The fourth-order valence-corrected chi connectivity index (χ4v) is 4.83. The first kappa shape index (κ1) is 26.8. The van der Waals surface area contributed by atoms with Gasteiger partial charge in [0.1, 0.15) is 11.5 Å². The van der Waals surface area contributed by atoms with Gasteiger partial charge in [0.05, 0.1) is 6.61 Å². The van der Waals surface area contributed by atoms with E-state index < -0.39 is 0 Å². The van der Waals surface area contributed by atoms with Gasteiger partial charge < -0.3 is 19.8 Å². The van der Waals surface area contributed by atoms with Crippen LogP contribution in [0.1, 0.15) is 48.8 Å². The summed E-state index contributed by atoms with van der Waals surface area (Å²) < 4.78 is 6.07. The average molecular weight is 494 g/mol. The van der Waals surface area contributed by atoms with Gasteiger partial charge in [0.2, 0.25) is 0 Å². The Morgan fingerprint density at radius 1 is 0.914 bits per heavy atom. The van der Waals surface area contributed by atoms with Crippen LogP contribution >= 0.6 is 12.4 Å². The first-order chi connectivity index (χ1) is 16.7. The molecule has 1 saturated heterocycles. The molecule has 4 rings (SSSR count). The molecule has 35 heavy (non-hydrogen) atoms. The zero-order chi connectivity index (χ0) is 23.8. The van der Waals surface area contributed by atoms with Crippen molar-refractivity contribution in [1.82, 2.24) is 4.90 Å². The number of phenolic OH excluding ortho intramolecular Hbond substituents is 1. The van der Waals surface area contributed by atoms with E-state index >= 15 is 0 Å². The summed E-state index contributed by atoms with van der Waals surface area (Å²) in [6.45, 7) is 2.05. The van der Waals surface area contributed by atoms with Crippen molar-refractivity contribution < 1.29 is 14.9 Å². The highest BCUT2D eigenvalue weighted by Crippen LogP contribution is 2.36. The Morgan fingerprint density at radius 3 is 2.17 bits per heavy atom. The zero-order valence-corrected chi connectivity index (χ0v) is 21.2. The lowest BCUT2D eigenvalue weighted by molar-refractivity contribution is 0.233. The topological polar surface area (TPSA) is 52.9 Å². The van der Waals surface area contributed by atoms with Gasteiger partial charge in [-0.05, 0) is 97.8 Å². The summed E-state index contributed by atoms with van der Waals surface area (Å²) in [7, 11) is 2.20. The molecule has 1 atom stereocenters. The third-order valence-electron chi connectivity index (χ3n) is 6.70. The molecule has 3 aromatic carbocycles. The molecule has 1 aliphatic heterocycles. The van der Waals surface area contributed by atoms with Crippen molar-refractivity contribution in [2.75, 3.05) is 26.8 Å². The molecule has 2 N–H and O–H groups in total. The second-order valence-corrected chi connectivity index (χ2v) is 9.03. The fourth-order valence-electron chi connectivity index (χ4n) is 4.83. The largest absolute Gasteiger partial charge is 0.508 e. The lowest BCUT2D eigenvalue weighted by Crippen LogP contribution is -2.26. The second-order valence-electron chi connectivity index (χ2n) is 9.03. The van der Waals surface area contributed by atoms with Gasteiger partial charge in [-0.2, -0.15) is 0 Å². The molecule has 0 amide bonds.